The summed E-state index contributed by atoms with van der Waals surface area (Å²) in [4.78, 5) is 16.5. The summed E-state index contributed by atoms with van der Waals surface area (Å²) < 4.78 is 20.8. The molecule has 1 saturated heterocycles. The van der Waals surface area contributed by atoms with E-state index in [1.165, 1.54) is 25.5 Å². The Labute approximate surface area is 201 Å². The standard InChI is InChI=1S/C24H20FN6OPS/c25-15-7-28-19(17-11(5-26)22(27)34-21(15)17)16-14-9-32-8-13(14)12-6-29-23(30-18(12)20(16)33)31-4-3-24(10-31)1-2-24/h6-7H,1-4,8-10,27,33H2. The van der Waals surface area contributed by atoms with Crippen LogP contribution in [0, 0.1) is 22.6 Å². The summed E-state index contributed by atoms with van der Waals surface area (Å²) in [5, 5.41) is 12.3. The molecule has 0 bridgehead atoms. The highest BCUT2D eigenvalue weighted by atomic mass is 32.1. The molecule has 7 nitrogen and oxygen atoms in total. The monoisotopic (exact) mass is 490 g/mol. The fourth-order valence-corrected chi connectivity index (χ4v) is 6.93. The Hall–Kier alpha value is -2.92. The van der Waals surface area contributed by atoms with Gasteiger partial charge in [0.1, 0.15) is 11.1 Å². The molecule has 7 rings (SSSR count). The van der Waals surface area contributed by atoms with Gasteiger partial charge in [0.2, 0.25) is 5.95 Å². The molecular weight excluding hydrogens is 470 g/mol. The number of hydrogen-bond acceptors (Lipinski definition) is 8. The molecular formula is C24H20FN6OPS. The number of thiophene rings is 1. The second-order valence-electron chi connectivity index (χ2n) is 9.45. The van der Waals surface area contributed by atoms with Gasteiger partial charge in [-0.05, 0) is 35.8 Å². The van der Waals surface area contributed by atoms with E-state index in [9.17, 15) is 9.65 Å². The Bertz CT molecular complexity index is 1590. The molecule has 0 amide bonds. The van der Waals surface area contributed by atoms with Crippen LogP contribution in [0.25, 0.3) is 32.2 Å². The van der Waals surface area contributed by atoms with Crippen molar-refractivity contribution in [1.82, 2.24) is 15.0 Å². The Morgan fingerprint density at radius 2 is 2.03 bits per heavy atom. The van der Waals surface area contributed by atoms with Crippen molar-refractivity contribution in [3.63, 3.8) is 0 Å². The van der Waals surface area contributed by atoms with Crippen LogP contribution in [-0.4, -0.2) is 28.0 Å². The van der Waals surface area contributed by atoms with Crippen LogP contribution in [0.2, 0.25) is 0 Å². The third kappa shape index (κ3) is 2.76. The number of fused-ring (bicyclic) bond motifs is 4. The van der Waals surface area contributed by atoms with Gasteiger partial charge in [0.25, 0.3) is 0 Å². The summed E-state index contributed by atoms with van der Waals surface area (Å²) in [6.07, 6.45) is 6.88. The number of nitrogens with two attached hydrogens (primary N) is 1. The number of nitrogen functional groups attached to an aromatic ring is 1. The Morgan fingerprint density at radius 3 is 2.79 bits per heavy atom. The molecule has 10 heteroatoms. The lowest BCUT2D eigenvalue weighted by atomic mass is 9.94. The Kier molecular flexibility index (Phi) is 4.24. The largest absolute Gasteiger partial charge is 0.389 e. The first-order chi connectivity index (χ1) is 16.5. The quantitative estimate of drug-likeness (QED) is 0.424. The van der Waals surface area contributed by atoms with E-state index in [2.05, 4.69) is 25.2 Å². The Morgan fingerprint density at radius 1 is 1.21 bits per heavy atom. The summed E-state index contributed by atoms with van der Waals surface area (Å²) in [6.45, 7) is 2.82. The predicted molar refractivity (Wildman–Crippen MR) is 134 cm³/mol. The fourth-order valence-electron chi connectivity index (χ4n) is 5.47. The Balaban J connectivity index is 1.50. The van der Waals surface area contributed by atoms with Gasteiger partial charge in [-0.1, -0.05) is 0 Å². The SMILES string of the molecule is N#Cc1c(N)sc2c(F)cnc(-c3c4c(c5cnc(N6CCC7(CC7)C6)nc5c3P)COC4)c12. The molecule has 170 valence electrons. The maximum Gasteiger partial charge on any atom is 0.225 e. The van der Waals surface area contributed by atoms with Gasteiger partial charge in [0.15, 0.2) is 5.82 Å². The minimum Gasteiger partial charge on any atom is -0.389 e. The number of pyridine rings is 1. The van der Waals surface area contributed by atoms with Crippen LogP contribution < -0.4 is 15.9 Å². The van der Waals surface area contributed by atoms with Gasteiger partial charge in [0.05, 0.1) is 40.9 Å². The fraction of sp³-hybridized carbons (Fsp3) is 0.333. The number of anilines is 2. The lowest BCUT2D eigenvalue weighted by molar-refractivity contribution is 0.135. The minimum atomic E-state index is -0.483. The number of nitrogens with zero attached hydrogens (tertiary/aromatic N) is 5. The van der Waals surface area contributed by atoms with Crippen molar-refractivity contribution < 1.29 is 9.13 Å². The van der Waals surface area contributed by atoms with Gasteiger partial charge in [-0.3, -0.25) is 4.98 Å². The zero-order chi connectivity index (χ0) is 23.2. The predicted octanol–water partition coefficient (Wildman–Crippen LogP) is 4.02. The maximum absolute atomic E-state index is 14.7. The minimum absolute atomic E-state index is 0.259. The van der Waals surface area contributed by atoms with Gasteiger partial charge >= 0.3 is 0 Å². The molecule has 34 heavy (non-hydrogen) atoms. The molecule has 4 aromatic rings. The summed E-state index contributed by atoms with van der Waals surface area (Å²) in [6, 6.07) is 2.15. The normalized spacial score (nSPS) is 18.2. The molecule has 5 heterocycles. The first-order valence-electron chi connectivity index (χ1n) is 11.2. The molecule has 2 N–H and O–H groups in total. The molecule has 1 unspecified atom stereocenters. The highest BCUT2D eigenvalue weighted by molar-refractivity contribution is 7.29. The zero-order valence-electron chi connectivity index (χ0n) is 18.2. The third-order valence-electron chi connectivity index (χ3n) is 7.51. The average Bonchev–Trinajstić information content (AvgIpc) is 3.16. The molecule has 1 aromatic carbocycles. The van der Waals surface area contributed by atoms with Gasteiger partial charge in [-0.2, -0.15) is 5.26 Å². The van der Waals surface area contributed by atoms with Crippen molar-refractivity contribution in [1.29, 1.82) is 5.26 Å². The molecule has 2 fully saturated rings. The number of ether oxygens (including phenoxy) is 1. The maximum atomic E-state index is 14.7. The highest BCUT2D eigenvalue weighted by Crippen LogP contribution is 2.53. The van der Waals surface area contributed by atoms with Crippen molar-refractivity contribution in [2.45, 2.75) is 32.5 Å². The van der Waals surface area contributed by atoms with Crippen molar-refractivity contribution in [2.75, 3.05) is 23.7 Å². The molecule has 0 radical (unpaired) electrons. The topological polar surface area (TPSA) is 101 Å². The molecule has 2 aliphatic heterocycles. The number of nitriles is 1. The van der Waals surface area contributed by atoms with E-state index >= 15 is 0 Å². The lowest BCUT2D eigenvalue weighted by Crippen LogP contribution is -2.23. The number of aromatic nitrogens is 3. The van der Waals surface area contributed by atoms with Crippen LogP contribution in [-0.2, 0) is 18.0 Å². The van der Waals surface area contributed by atoms with E-state index in [1.54, 1.807) is 0 Å². The van der Waals surface area contributed by atoms with Crippen LogP contribution >= 0.6 is 20.6 Å². The van der Waals surface area contributed by atoms with Crippen molar-refractivity contribution in [3.05, 3.63) is 34.9 Å². The van der Waals surface area contributed by atoms with E-state index in [0.717, 1.165) is 63.3 Å². The summed E-state index contributed by atoms with van der Waals surface area (Å²) >= 11 is 1.08. The van der Waals surface area contributed by atoms with Crippen LogP contribution in [0.4, 0.5) is 15.3 Å². The van der Waals surface area contributed by atoms with E-state index in [0.29, 0.717) is 34.4 Å². The highest BCUT2D eigenvalue weighted by Gasteiger charge is 2.48. The number of halogens is 1. The van der Waals surface area contributed by atoms with E-state index in [-0.39, 0.29) is 10.6 Å². The van der Waals surface area contributed by atoms with Crippen molar-refractivity contribution >= 4 is 57.8 Å². The summed E-state index contributed by atoms with van der Waals surface area (Å²) in [5.74, 6) is 0.253. The van der Waals surface area contributed by atoms with Gasteiger partial charge in [0, 0.05) is 40.9 Å². The molecule has 1 saturated carbocycles. The first kappa shape index (κ1) is 20.5. The molecule has 3 aromatic heterocycles. The van der Waals surface area contributed by atoms with Crippen LogP contribution in [0.15, 0.2) is 12.4 Å². The third-order valence-corrected chi connectivity index (χ3v) is 9.10. The van der Waals surface area contributed by atoms with E-state index < -0.39 is 5.82 Å². The molecule has 1 aliphatic carbocycles. The summed E-state index contributed by atoms with van der Waals surface area (Å²) in [7, 11) is 2.81. The molecule has 3 aliphatic rings. The van der Waals surface area contributed by atoms with E-state index in [1.807, 2.05) is 6.20 Å². The number of benzene rings is 1. The van der Waals surface area contributed by atoms with Crippen molar-refractivity contribution in [3.8, 4) is 17.3 Å². The summed E-state index contributed by atoms with van der Waals surface area (Å²) in [5.41, 5.74) is 11.0. The molecule has 1 atom stereocenters. The van der Waals surface area contributed by atoms with E-state index in [4.69, 9.17) is 20.4 Å². The van der Waals surface area contributed by atoms with Crippen molar-refractivity contribution in [2.24, 2.45) is 5.41 Å². The van der Waals surface area contributed by atoms with Gasteiger partial charge < -0.3 is 15.4 Å². The van der Waals surface area contributed by atoms with Crippen LogP contribution in [0.1, 0.15) is 36.0 Å². The zero-order valence-corrected chi connectivity index (χ0v) is 20.2. The molecule has 1 spiro atoms. The second kappa shape index (κ2) is 7.05. The van der Waals surface area contributed by atoms with Crippen LogP contribution in [0.5, 0.6) is 0 Å². The smallest absolute Gasteiger partial charge is 0.225 e. The number of rotatable bonds is 2. The first-order valence-corrected chi connectivity index (χ1v) is 12.6. The second-order valence-corrected chi connectivity index (χ2v) is 11.1. The van der Waals surface area contributed by atoms with Gasteiger partial charge in [-0.25, -0.2) is 14.4 Å². The van der Waals surface area contributed by atoms with Crippen LogP contribution in [0.3, 0.4) is 0 Å². The average molecular weight is 491 g/mol. The number of hydrogen-bond donors (Lipinski definition) is 1. The lowest BCUT2D eigenvalue weighted by Gasteiger charge is -2.19. The van der Waals surface area contributed by atoms with Gasteiger partial charge in [-0.15, -0.1) is 20.6 Å².